The summed E-state index contributed by atoms with van der Waals surface area (Å²) in [5.74, 6) is 1.22. The largest absolute Gasteiger partial charge is 0.483 e. The normalized spacial score (nSPS) is 19.0. The summed E-state index contributed by atoms with van der Waals surface area (Å²) < 4.78 is 5.74. The molecule has 1 aromatic carbocycles. The van der Waals surface area contributed by atoms with Crippen LogP contribution in [0.1, 0.15) is 56.1 Å². The lowest BCUT2D eigenvalue weighted by molar-refractivity contribution is -0.134. The molecule has 1 aromatic rings. The van der Waals surface area contributed by atoms with Gasteiger partial charge in [-0.3, -0.25) is 9.59 Å². The third kappa shape index (κ3) is 5.24. The summed E-state index contributed by atoms with van der Waals surface area (Å²) in [6.07, 6.45) is 7.31. The van der Waals surface area contributed by atoms with Gasteiger partial charge in [-0.1, -0.05) is 31.4 Å². The maximum Gasteiger partial charge on any atom is 0.260 e. The third-order valence-corrected chi connectivity index (χ3v) is 6.08. The SMILES string of the molecule is Cc1cccc(OCC(=O)N2CCC(NC(=O)C3CCCCC3)CC2)c1C. The quantitative estimate of drug-likeness (QED) is 0.862. The molecule has 5 heteroatoms. The first kappa shape index (κ1) is 19.7. The number of carbonyl (C=O) groups is 2. The number of nitrogens with zero attached hydrogens (tertiary/aromatic N) is 1. The molecule has 0 unspecified atom stereocenters. The molecule has 1 aliphatic carbocycles. The molecule has 1 N–H and O–H groups in total. The lowest BCUT2D eigenvalue weighted by atomic mass is 9.88. The second-order valence-electron chi connectivity index (χ2n) is 7.99. The molecule has 0 bridgehead atoms. The summed E-state index contributed by atoms with van der Waals surface area (Å²) in [5, 5.41) is 3.21. The summed E-state index contributed by atoms with van der Waals surface area (Å²) in [4.78, 5) is 26.7. The third-order valence-electron chi connectivity index (χ3n) is 6.08. The summed E-state index contributed by atoms with van der Waals surface area (Å²) in [6, 6.07) is 6.09. The Morgan fingerprint density at radius 3 is 2.48 bits per heavy atom. The lowest BCUT2D eigenvalue weighted by Crippen LogP contribution is -2.48. The van der Waals surface area contributed by atoms with Crippen molar-refractivity contribution in [3.8, 4) is 5.75 Å². The van der Waals surface area contributed by atoms with Crippen LogP contribution in [0.2, 0.25) is 0 Å². The van der Waals surface area contributed by atoms with Crippen LogP contribution < -0.4 is 10.1 Å². The highest BCUT2D eigenvalue weighted by atomic mass is 16.5. The van der Waals surface area contributed by atoms with Gasteiger partial charge in [-0.25, -0.2) is 0 Å². The molecule has 148 valence electrons. The van der Waals surface area contributed by atoms with Crippen LogP contribution in [0.5, 0.6) is 5.75 Å². The van der Waals surface area contributed by atoms with E-state index in [1.54, 1.807) is 0 Å². The average Bonchev–Trinajstić information content (AvgIpc) is 2.70. The number of likely N-dealkylation sites (tertiary alicyclic amines) is 1. The second kappa shape index (κ2) is 9.25. The zero-order valence-corrected chi connectivity index (χ0v) is 16.6. The smallest absolute Gasteiger partial charge is 0.260 e. The lowest BCUT2D eigenvalue weighted by Gasteiger charge is -2.33. The number of nitrogens with one attached hydrogen (secondary N) is 1. The minimum atomic E-state index is 0.0213. The first-order valence-corrected chi connectivity index (χ1v) is 10.3. The second-order valence-corrected chi connectivity index (χ2v) is 7.99. The molecule has 2 fully saturated rings. The van der Waals surface area contributed by atoms with Crippen LogP contribution in [0.25, 0.3) is 0 Å². The van der Waals surface area contributed by atoms with Gasteiger partial charge in [-0.2, -0.15) is 0 Å². The highest BCUT2D eigenvalue weighted by Crippen LogP contribution is 2.24. The van der Waals surface area contributed by atoms with Crippen molar-refractivity contribution in [2.75, 3.05) is 19.7 Å². The minimum absolute atomic E-state index is 0.0213. The van der Waals surface area contributed by atoms with E-state index in [0.29, 0.717) is 13.1 Å². The number of amides is 2. The van der Waals surface area contributed by atoms with E-state index in [0.717, 1.165) is 42.6 Å². The Balaban J connectivity index is 1.41. The first-order chi connectivity index (χ1) is 13.0. The molecule has 2 amide bonds. The van der Waals surface area contributed by atoms with Crippen molar-refractivity contribution in [2.45, 2.75) is 64.8 Å². The predicted octanol–water partition coefficient (Wildman–Crippen LogP) is 3.37. The molecule has 27 heavy (non-hydrogen) atoms. The van der Waals surface area contributed by atoms with E-state index >= 15 is 0 Å². The number of hydrogen-bond acceptors (Lipinski definition) is 3. The number of piperidine rings is 1. The van der Waals surface area contributed by atoms with Crippen molar-refractivity contribution in [1.82, 2.24) is 10.2 Å². The highest BCUT2D eigenvalue weighted by molar-refractivity contribution is 5.79. The Kier molecular flexibility index (Phi) is 6.75. The fraction of sp³-hybridized carbons (Fsp3) is 0.636. The van der Waals surface area contributed by atoms with Crippen molar-refractivity contribution in [3.05, 3.63) is 29.3 Å². The maximum absolute atomic E-state index is 12.5. The van der Waals surface area contributed by atoms with Crippen LogP contribution in [0.15, 0.2) is 18.2 Å². The van der Waals surface area contributed by atoms with Crippen molar-refractivity contribution in [2.24, 2.45) is 5.92 Å². The molecule has 0 spiro atoms. The molecule has 1 saturated heterocycles. The molecular formula is C22H32N2O3. The zero-order valence-electron chi connectivity index (χ0n) is 16.6. The molecule has 0 atom stereocenters. The summed E-state index contributed by atoms with van der Waals surface area (Å²) >= 11 is 0. The molecule has 1 aliphatic heterocycles. The van der Waals surface area contributed by atoms with Crippen molar-refractivity contribution < 1.29 is 14.3 Å². The van der Waals surface area contributed by atoms with Crippen molar-refractivity contribution >= 4 is 11.8 Å². The van der Waals surface area contributed by atoms with E-state index < -0.39 is 0 Å². The van der Waals surface area contributed by atoms with Gasteiger partial charge in [0, 0.05) is 25.0 Å². The number of ether oxygens (including phenoxy) is 1. The van der Waals surface area contributed by atoms with Gasteiger partial charge in [0.05, 0.1) is 0 Å². The first-order valence-electron chi connectivity index (χ1n) is 10.3. The molecule has 2 aliphatic rings. The van der Waals surface area contributed by atoms with Crippen molar-refractivity contribution in [3.63, 3.8) is 0 Å². The Morgan fingerprint density at radius 1 is 1.07 bits per heavy atom. The van der Waals surface area contributed by atoms with Gasteiger partial charge in [-0.05, 0) is 56.7 Å². The highest BCUT2D eigenvalue weighted by Gasteiger charge is 2.27. The fourth-order valence-corrected chi connectivity index (χ4v) is 4.07. The Bertz CT molecular complexity index is 660. The molecule has 1 saturated carbocycles. The standard InChI is InChI=1S/C22H32N2O3/c1-16-7-6-10-20(17(16)2)27-15-21(25)24-13-11-19(12-14-24)23-22(26)18-8-4-3-5-9-18/h6-7,10,18-19H,3-5,8-9,11-15H2,1-2H3,(H,23,26). The van der Waals surface area contributed by atoms with Gasteiger partial charge >= 0.3 is 0 Å². The van der Waals surface area contributed by atoms with Crippen LogP contribution >= 0.6 is 0 Å². The molecular weight excluding hydrogens is 340 g/mol. The van der Waals surface area contributed by atoms with E-state index in [9.17, 15) is 9.59 Å². The van der Waals surface area contributed by atoms with E-state index in [1.165, 1.54) is 19.3 Å². The summed E-state index contributed by atoms with van der Waals surface area (Å²) in [6.45, 7) is 5.49. The molecule has 3 rings (SSSR count). The van der Waals surface area contributed by atoms with Gasteiger partial charge in [0.1, 0.15) is 5.75 Å². The van der Waals surface area contributed by atoms with Crippen LogP contribution in [0.4, 0.5) is 0 Å². The molecule has 0 radical (unpaired) electrons. The van der Waals surface area contributed by atoms with Crippen molar-refractivity contribution in [1.29, 1.82) is 0 Å². The number of aryl methyl sites for hydroxylation is 1. The topological polar surface area (TPSA) is 58.6 Å². The van der Waals surface area contributed by atoms with E-state index in [2.05, 4.69) is 5.32 Å². The van der Waals surface area contributed by atoms with Gasteiger partial charge in [0.25, 0.3) is 5.91 Å². The van der Waals surface area contributed by atoms with Crippen LogP contribution in [0, 0.1) is 19.8 Å². The Hall–Kier alpha value is -2.04. The van der Waals surface area contributed by atoms with Crippen LogP contribution in [-0.2, 0) is 9.59 Å². The summed E-state index contributed by atoms with van der Waals surface area (Å²) in [7, 11) is 0. The van der Waals surface area contributed by atoms with E-state index in [1.807, 2.05) is 36.9 Å². The van der Waals surface area contributed by atoms with E-state index in [-0.39, 0.29) is 30.4 Å². The number of rotatable bonds is 5. The zero-order chi connectivity index (χ0) is 19.2. The molecule has 1 heterocycles. The van der Waals surface area contributed by atoms with E-state index in [4.69, 9.17) is 4.74 Å². The predicted molar refractivity (Wildman–Crippen MR) is 106 cm³/mol. The van der Waals surface area contributed by atoms with Gasteiger partial charge < -0.3 is 15.0 Å². The van der Waals surface area contributed by atoms with Gasteiger partial charge in [0.15, 0.2) is 6.61 Å². The average molecular weight is 373 g/mol. The maximum atomic E-state index is 12.5. The number of hydrogen-bond donors (Lipinski definition) is 1. The molecule has 5 nitrogen and oxygen atoms in total. The monoisotopic (exact) mass is 372 g/mol. The number of benzene rings is 1. The molecule has 0 aromatic heterocycles. The fourth-order valence-electron chi connectivity index (χ4n) is 4.07. The van der Waals surface area contributed by atoms with Crippen LogP contribution in [0.3, 0.4) is 0 Å². The Morgan fingerprint density at radius 2 is 1.78 bits per heavy atom. The Labute approximate surface area is 162 Å². The minimum Gasteiger partial charge on any atom is -0.483 e. The number of carbonyl (C=O) groups excluding carboxylic acids is 2. The van der Waals surface area contributed by atoms with Gasteiger partial charge in [-0.15, -0.1) is 0 Å². The summed E-state index contributed by atoms with van der Waals surface area (Å²) in [5.41, 5.74) is 2.24. The van der Waals surface area contributed by atoms with Gasteiger partial charge in [0.2, 0.25) is 5.91 Å². The van der Waals surface area contributed by atoms with Crippen LogP contribution in [-0.4, -0.2) is 42.5 Å².